The number of nitrogens with zero attached hydrogens (tertiary/aromatic N) is 3. The highest BCUT2D eigenvalue weighted by atomic mass is 16.1. The molecular formula is C22H15N3O. The van der Waals surface area contributed by atoms with Gasteiger partial charge in [-0.15, -0.1) is 0 Å². The molecule has 0 saturated heterocycles. The van der Waals surface area contributed by atoms with Crippen molar-refractivity contribution in [2.75, 3.05) is 0 Å². The minimum absolute atomic E-state index is 0.148. The maximum absolute atomic E-state index is 13.0. The van der Waals surface area contributed by atoms with E-state index in [4.69, 9.17) is 10.1 Å². The molecule has 3 aromatic carbocycles. The van der Waals surface area contributed by atoms with Crippen molar-refractivity contribution in [2.24, 2.45) is 0 Å². The summed E-state index contributed by atoms with van der Waals surface area (Å²) < 4.78 is 1.43. The quantitative estimate of drug-likeness (QED) is 0.337. The van der Waals surface area contributed by atoms with Gasteiger partial charge in [0.15, 0.2) is 5.65 Å². The van der Waals surface area contributed by atoms with Gasteiger partial charge in [0, 0.05) is 16.3 Å². The van der Waals surface area contributed by atoms with Crippen LogP contribution in [0.25, 0.3) is 38.6 Å². The first-order chi connectivity index (χ1) is 12.7. The highest BCUT2D eigenvalue weighted by Gasteiger charge is 2.14. The minimum Gasteiger partial charge on any atom is -0.267 e. The average Bonchev–Trinajstić information content (AvgIpc) is 2.69. The number of hydrogen-bond donors (Lipinski definition) is 0. The molecule has 0 bridgehead atoms. The lowest BCUT2D eigenvalue weighted by atomic mass is 10.0. The molecule has 5 aromatic rings. The van der Waals surface area contributed by atoms with Gasteiger partial charge in [-0.25, -0.2) is 4.98 Å². The monoisotopic (exact) mass is 337 g/mol. The normalized spacial score (nSPS) is 11.4. The first-order valence-electron chi connectivity index (χ1n) is 8.50. The van der Waals surface area contributed by atoms with E-state index in [-0.39, 0.29) is 5.56 Å². The van der Waals surface area contributed by atoms with Gasteiger partial charge in [-0.2, -0.15) is 9.61 Å². The molecule has 0 aliphatic carbocycles. The Labute approximate surface area is 149 Å². The van der Waals surface area contributed by atoms with Crippen LogP contribution in [0, 0.1) is 6.92 Å². The van der Waals surface area contributed by atoms with Gasteiger partial charge in [-0.3, -0.25) is 4.79 Å². The van der Waals surface area contributed by atoms with E-state index >= 15 is 0 Å². The summed E-state index contributed by atoms with van der Waals surface area (Å²) in [5, 5.41) is 7.17. The molecule has 0 aliphatic rings. The van der Waals surface area contributed by atoms with Crippen molar-refractivity contribution in [3.8, 4) is 11.3 Å². The van der Waals surface area contributed by atoms with Gasteiger partial charge in [-0.05, 0) is 19.1 Å². The first kappa shape index (κ1) is 14.8. The molecule has 0 spiro atoms. The summed E-state index contributed by atoms with van der Waals surface area (Å²) in [7, 11) is 0. The van der Waals surface area contributed by atoms with Crippen molar-refractivity contribution < 1.29 is 0 Å². The lowest BCUT2D eigenvalue weighted by Crippen LogP contribution is -2.18. The van der Waals surface area contributed by atoms with Crippen LogP contribution in [0.2, 0.25) is 0 Å². The molecule has 0 aliphatic heterocycles. The van der Waals surface area contributed by atoms with E-state index in [0.717, 1.165) is 22.0 Å². The van der Waals surface area contributed by atoms with Crippen molar-refractivity contribution in [3.05, 3.63) is 88.7 Å². The largest absolute Gasteiger partial charge is 0.282 e. The first-order valence-corrected chi connectivity index (χ1v) is 8.50. The molecule has 0 unspecified atom stereocenters. The molecule has 0 radical (unpaired) electrons. The van der Waals surface area contributed by atoms with Crippen LogP contribution >= 0.6 is 0 Å². The van der Waals surface area contributed by atoms with E-state index in [1.54, 1.807) is 6.07 Å². The maximum atomic E-state index is 13.0. The summed E-state index contributed by atoms with van der Waals surface area (Å²) in [5.74, 6) is 0. The van der Waals surface area contributed by atoms with E-state index in [9.17, 15) is 4.79 Å². The van der Waals surface area contributed by atoms with Crippen molar-refractivity contribution in [2.45, 2.75) is 6.92 Å². The van der Waals surface area contributed by atoms with Gasteiger partial charge in [0.25, 0.3) is 5.56 Å². The van der Waals surface area contributed by atoms with E-state index in [2.05, 4.69) is 19.1 Å². The fourth-order valence-corrected chi connectivity index (χ4v) is 3.35. The van der Waals surface area contributed by atoms with Crippen LogP contribution in [0.3, 0.4) is 0 Å². The van der Waals surface area contributed by atoms with E-state index in [0.29, 0.717) is 16.6 Å². The lowest BCUT2D eigenvalue weighted by Gasteiger charge is -2.11. The van der Waals surface area contributed by atoms with Crippen LogP contribution in [-0.2, 0) is 0 Å². The summed E-state index contributed by atoms with van der Waals surface area (Å²) in [6, 6.07) is 23.5. The molecule has 4 heteroatoms. The van der Waals surface area contributed by atoms with Crippen molar-refractivity contribution in [1.29, 1.82) is 0 Å². The molecular weight excluding hydrogens is 322 g/mol. The highest BCUT2D eigenvalue weighted by molar-refractivity contribution is 6.02. The summed E-state index contributed by atoms with van der Waals surface area (Å²) in [4.78, 5) is 17.7. The zero-order valence-corrected chi connectivity index (χ0v) is 14.2. The number of aromatic nitrogens is 3. The molecule has 0 atom stereocenters. The van der Waals surface area contributed by atoms with Crippen LogP contribution in [0.4, 0.5) is 0 Å². The predicted octanol–water partition coefficient (Wildman–Crippen LogP) is 4.37. The molecule has 5 rings (SSSR count). The topological polar surface area (TPSA) is 47.3 Å². The zero-order valence-electron chi connectivity index (χ0n) is 14.2. The molecule has 4 nitrogen and oxygen atoms in total. The predicted molar refractivity (Wildman–Crippen MR) is 104 cm³/mol. The third-order valence-corrected chi connectivity index (χ3v) is 4.70. The number of para-hydroxylation sites is 1. The van der Waals surface area contributed by atoms with Gasteiger partial charge < -0.3 is 0 Å². The number of rotatable bonds is 1. The molecule has 2 aromatic heterocycles. The van der Waals surface area contributed by atoms with E-state index < -0.39 is 0 Å². The van der Waals surface area contributed by atoms with Gasteiger partial charge in [0.2, 0.25) is 0 Å². The van der Waals surface area contributed by atoms with E-state index in [1.807, 2.05) is 54.6 Å². The van der Waals surface area contributed by atoms with Crippen molar-refractivity contribution in [1.82, 2.24) is 14.6 Å². The fourth-order valence-electron chi connectivity index (χ4n) is 3.35. The second kappa shape index (κ2) is 5.49. The Kier molecular flexibility index (Phi) is 3.12. The number of hydrogen-bond acceptors (Lipinski definition) is 3. The third kappa shape index (κ3) is 2.12. The second-order valence-electron chi connectivity index (χ2n) is 6.43. The fraction of sp³-hybridized carbons (Fsp3) is 0.0455. The molecule has 0 amide bonds. The Morgan fingerprint density at radius 3 is 2.19 bits per heavy atom. The number of benzene rings is 3. The Morgan fingerprint density at radius 2 is 1.42 bits per heavy atom. The van der Waals surface area contributed by atoms with E-state index in [1.165, 1.54) is 10.1 Å². The Morgan fingerprint density at radius 1 is 0.769 bits per heavy atom. The summed E-state index contributed by atoms with van der Waals surface area (Å²) in [6.07, 6.45) is 0. The highest BCUT2D eigenvalue weighted by Crippen LogP contribution is 2.28. The van der Waals surface area contributed by atoms with Crippen LogP contribution < -0.4 is 5.56 Å². The Balaban J connectivity index is 2.00. The standard InChI is InChI=1S/C22H15N3O/c1-14-10-12-15(13-11-14)20-16-6-2-3-7-17(16)21-23-19-9-5-4-8-18(19)22(26)25(21)24-20/h2-13H,1H3. The van der Waals surface area contributed by atoms with Gasteiger partial charge in [0.1, 0.15) is 0 Å². The average molecular weight is 337 g/mol. The van der Waals surface area contributed by atoms with Crippen molar-refractivity contribution >= 4 is 27.3 Å². The second-order valence-corrected chi connectivity index (χ2v) is 6.43. The zero-order chi connectivity index (χ0) is 17.7. The lowest BCUT2D eigenvalue weighted by molar-refractivity contribution is 0.897. The van der Waals surface area contributed by atoms with Gasteiger partial charge in [0.05, 0.1) is 16.6 Å². The van der Waals surface area contributed by atoms with Crippen LogP contribution in [0.15, 0.2) is 77.6 Å². The molecule has 2 heterocycles. The van der Waals surface area contributed by atoms with Crippen LogP contribution in [0.1, 0.15) is 5.56 Å². The third-order valence-electron chi connectivity index (χ3n) is 4.70. The summed E-state index contributed by atoms with van der Waals surface area (Å²) in [5.41, 5.74) is 4.07. The van der Waals surface area contributed by atoms with Crippen LogP contribution in [0.5, 0.6) is 0 Å². The van der Waals surface area contributed by atoms with Crippen LogP contribution in [-0.4, -0.2) is 14.6 Å². The smallest absolute Gasteiger partial charge is 0.267 e. The summed E-state index contributed by atoms with van der Waals surface area (Å²) >= 11 is 0. The summed E-state index contributed by atoms with van der Waals surface area (Å²) in [6.45, 7) is 2.05. The molecule has 0 N–H and O–H groups in total. The Bertz CT molecular complexity index is 1350. The SMILES string of the molecule is Cc1ccc(-c2nn3c(=O)c4ccccc4nc3c3ccccc23)cc1. The molecule has 0 saturated carbocycles. The van der Waals surface area contributed by atoms with Gasteiger partial charge in [-0.1, -0.05) is 66.2 Å². The minimum atomic E-state index is -0.148. The van der Waals surface area contributed by atoms with Crippen molar-refractivity contribution in [3.63, 3.8) is 0 Å². The Hall–Kier alpha value is -3.53. The molecule has 0 fully saturated rings. The molecule has 124 valence electrons. The number of aryl methyl sites for hydroxylation is 1. The van der Waals surface area contributed by atoms with Gasteiger partial charge >= 0.3 is 0 Å². The number of fused-ring (bicyclic) bond motifs is 4. The molecule has 26 heavy (non-hydrogen) atoms. The maximum Gasteiger partial charge on any atom is 0.282 e.